The lowest BCUT2D eigenvalue weighted by Crippen LogP contribution is -2.55. The number of likely N-dealkylation sites (tertiary alicyclic amines) is 1. The standard InChI is InChI=1S/C12H25N3O/c1-10(14(4)12(2,3)9-13)11(16)15-7-5-6-8-15/h10H,5-9,13H2,1-4H3. The van der Waals surface area contributed by atoms with Crippen LogP contribution in [0.4, 0.5) is 0 Å². The highest BCUT2D eigenvalue weighted by Gasteiger charge is 2.32. The Morgan fingerprint density at radius 1 is 1.44 bits per heavy atom. The maximum absolute atomic E-state index is 12.2. The summed E-state index contributed by atoms with van der Waals surface area (Å²) in [6.45, 7) is 8.50. The van der Waals surface area contributed by atoms with E-state index in [9.17, 15) is 4.79 Å². The maximum atomic E-state index is 12.2. The summed E-state index contributed by atoms with van der Waals surface area (Å²) in [5, 5.41) is 0. The number of carbonyl (C=O) groups is 1. The van der Waals surface area contributed by atoms with Gasteiger partial charge in [-0.05, 0) is 40.7 Å². The van der Waals surface area contributed by atoms with Crippen molar-refractivity contribution in [2.45, 2.75) is 45.2 Å². The van der Waals surface area contributed by atoms with Crippen molar-refractivity contribution in [1.82, 2.24) is 9.80 Å². The minimum absolute atomic E-state index is 0.0864. The van der Waals surface area contributed by atoms with Crippen LogP contribution in [0.3, 0.4) is 0 Å². The summed E-state index contributed by atoms with van der Waals surface area (Å²) in [5.74, 6) is 0.238. The molecule has 0 saturated carbocycles. The predicted molar refractivity (Wildman–Crippen MR) is 66.2 cm³/mol. The van der Waals surface area contributed by atoms with Crippen molar-refractivity contribution in [2.24, 2.45) is 5.73 Å². The van der Waals surface area contributed by atoms with Gasteiger partial charge in [0.1, 0.15) is 0 Å². The second kappa shape index (κ2) is 5.15. The van der Waals surface area contributed by atoms with E-state index in [1.165, 1.54) is 0 Å². The van der Waals surface area contributed by atoms with Gasteiger partial charge >= 0.3 is 0 Å². The molecule has 16 heavy (non-hydrogen) atoms. The van der Waals surface area contributed by atoms with Crippen LogP contribution in [0.15, 0.2) is 0 Å². The van der Waals surface area contributed by atoms with Crippen LogP contribution >= 0.6 is 0 Å². The first-order chi connectivity index (χ1) is 7.40. The Bertz CT molecular complexity index is 247. The van der Waals surface area contributed by atoms with Gasteiger partial charge in [0.15, 0.2) is 0 Å². The smallest absolute Gasteiger partial charge is 0.239 e. The molecule has 0 aromatic rings. The summed E-state index contributed by atoms with van der Waals surface area (Å²) in [6, 6.07) is -0.0864. The van der Waals surface area contributed by atoms with Crippen molar-refractivity contribution in [1.29, 1.82) is 0 Å². The number of hydrogen-bond acceptors (Lipinski definition) is 3. The van der Waals surface area contributed by atoms with Gasteiger partial charge in [-0.2, -0.15) is 0 Å². The Labute approximate surface area is 98.8 Å². The summed E-state index contributed by atoms with van der Waals surface area (Å²) in [4.78, 5) is 16.2. The highest BCUT2D eigenvalue weighted by atomic mass is 16.2. The molecule has 1 fully saturated rings. The van der Waals surface area contributed by atoms with Crippen LogP contribution in [0.2, 0.25) is 0 Å². The third-order valence-corrected chi connectivity index (χ3v) is 3.81. The first kappa shape index (κ1) is 13.5. The van der Waals surface area contributed by atoms with Crippen LogP contribution < -0.4 is 5.73 Å². The number of hydrogen-bond donors (Lipinski definition) is 1. The molecule has 1 aliphatic heterocycles. The minimum Gasteiger partial charge on any atom is -0.341 e. The second-order valence-electron chi connectivity index (χ2n) is 5.34. The van der Waals surface area contributed by atoms with E-state index in [1.54, 1.807) is 0 Å². The summed E-state index contributed by atoms with van der Waals surface area (Å²) < 4.78 is 0. The topological polar surface area (TPSA) is 49.6 Å². The fraction of sp³-hybridized carbons (Fsp3) is 0.917. The van der Waals surface area contributed by atoms with Crippen molar-refractivity contribution in [2.75, 3.05) is 26.7 Å². The average Bonchev–Trinajstić information content (AvgIpc) is 2.79. The fourth-order valence-corrected chi connectivity index (χ4v) is 2.04. The van der Waals surface area contributed by atoms with Gasteiger partial charge in [0.05, 0.1) is 6.04 Å². The molecule has 1 atom stereocenters. The van der Waals surface area contributed by atoms with E-state index in [0.29, 0.717) is 6.54 Å². The van der Waals surface area contributed by atoms with E-state index in [1.807, 2.05) is 18.9 Å². The molecule has 0 aliphatic carbocycles. The highest BCUT2D eigenvalue weighted by Crippen LogP contribution is 2.17. The van der Waals surface area contributed by atoms with Crippen LogP contribution in [0.5, 0.6) is 0 Å². The SMILES string of the molecule is CC(C(=O)N1CCCC1)N(C)C(C)(C)CN. The van der Waals surface area contributed by atoms with E-state index in [2.05, 4.69) is 18.7 Å². The zero-order valence-corrected chi connectivity index (χ0v) is 11.0. The molecule has 1 saturated heterocycles. The minimum atomic E-state index is -0.130. The zero-order chi connectivity index (χ0) is 12.3. The molecule has 1 unspecified atom stereocenters. The van der Waals surface area contributed by atoms with Crippen molar-refractivity contribution in [3.05, 3.63) is 0 Å². The molecule has 4 nitrogen and oxygen atoms in total. The van der Waals surface area contributed by atoms with Gasteiger partial charge in [0.25, 0.3) is 0 Å². The third-order valence-electron chi connectivity index (χ3n) is 3.81. The van der Waals surface area contributed by atoms with Gasteiger partial charge in [-0.3, -0.25) is 9.69 Å². The Balaban J connectivity index is 2.62. The lowest BCUT2D eigenvalue weighted by Gasteiger charge is -2.39. The average molecular weight is 227 g/mol. The van der Waals surface area contributed by atoms with E-state index in [0.717, 1.165) is 25.9 Å². The lowest BCUT2D eigenvalue weighted by molar-refractivity contribution is -0.136. The van der Waals surface area contributed by atoms with Crippen LogP contribution in [-0.2, 0) is 4.79 Å². The fourth-order valence-electron chi connectivity index (χ4n) is 2.04. The molecule has 0 aromatic heterocycles. The first-order valence-corrected chi connectivity index (χ1v) is 6.12. The first-order valence-electron chi connectivity index (χ1n) is 6.12. The van der Waals surface area contributed by atoms with E-state index in [4.69, 9.17) is 5.73 Å². The third kappa shape index (κ3) is 2.74. The normalized spacial score (nSPS) is 19.2. The number of nitrogens with zero attached hydrogens (tertiary/aromatic N) is 2. The van der Waals surface area contributed by atoms with E-state index in [-0.39, 0.29) is 17.5 Å². The number of rotatable bonds is 4. The quantitative estimate of drug-likeness (QED) is 0.768. The number of likely N-dealkylation sites (N-methyl/N-ethyl adjacent to an activating group) is 1. The van der Waals surface area contributed by atoms with E-state index < -0.39 is 0 Å². The zero-order valence-electron chi connectivity index (χ0n) is 11.0. The molecule has 4 heteroatoms. The van der Waals surface area contributed by atoms with Gasteiger partial charge in [-0.15, -0.1) is 0 Å². The van der Waals surface area contributed by atoms with Gasteiger partial charge in [-0.1, -0.05) is 0 Å². The van der Waals surface area contributed by atoms with Gasteiger partial charge in [0.2, 0.25) is 5.91 Å². The molecule has 1 amide bonds. The maximum Gasteiger partial charge on any atom is 0.239 e. The molecule has 1 aliphatic rings. The molecule has 0 spiro atoms. The van der Waals surface area contributed by atoms with Crippen molar-refractivity contribution < 1.29 is 4.79 Å². The molecule has 2 N–H and O–H groups in total. The Hall–Kier alpha value is -0.610. The highest BCUT2D eigenvalue weighted by molar-refractivity contribution is 5.81. The van der Waals surface area contributed by atoms with Crippen molar-refractivity contribution >= 4 is 5.91 Å². The number of carbonyl (C=O) groups excluding carboxylic acids is 1. The molecule has 0 radical (unpaired) electrons. The molecule has 0 aromatic carbocycles. The van der Waals surface area contributed by atoms with Crippen molar-refractivity contribution in [3.8, 4) is 0 Å². The van der Waals surface area contributed by atoms with Crippen LogP contribution in [0.1, 0.15) is 33.6 Å². The van der Waals surface area contributed by atoms with Crippen LogP contribution in [0, 0.1) is 0 Å². The molecule has 1 heterocycles. The monoisotopic (exact) mass is 227 g/mol. The Kier molecular flexibility index (Phi) is 4.33. The second-order valence-corrected chi connectivity index (χ2v) is 5.34. The predicted octanol–water partition coefficient (Wildman–Crippen LogP) is 0.666. The summed E-state index contributed by atoms with van der Waals surface area (Å²) in [7, 11) is 1.98. The van der Waals surface area contributed by atoms with Crippen molar-refractivity contribution in [3.63, 3.8) is 0 Å². The number of amides is 1. The van der Waals surface area contributed by atoms with Crippen LogP contribution in [0.25, 0.3) is 0 Å². The summed E-state index contributed by atoms with van der Waals surface area (Å²) in [5.41, 5.74) is 5.60. The summed E-state index contributed by atoms with van der Waals surface area (Å²) in [6.07, 6.45) is 2.28. The molecule has 1 rings (SSSR count). The Morgan fingerprint density at radius 2 is 1.94 bits per heavy atom. The van der Waals surface area contributed by atoms with Gasteiger partial charge in [-0.25, -0.2) is 0 Å². The molecular weight excluding hydrogens is 202 g/mol. The lowest BCUT2D eigenvalue weighted by atomic mass is 10.0. The van der Waals surface area contributed by atoms with E-state index >= 15 is 0 Å². The summed E-state index contributed by atoms with van der Waals surface area (Å²) >= 11 is 0. The molecular formula is C12H25N3O. The number of nitrogens with two attached hydrogens (primary N) is 1. The van der Waals surface area contributed by atoms with Gasteiger partial charge < -0.3 is 10.6 Å². The molecule has 0 bridgehead atoms. The van der Waals surface area contributed by atoms with Gasteiger partial charge in [0, 0.05) is 25.2 Å². The largest absolute Gasteiger partial charge is 0.341 e. The van der Waals surface area contributed by atoms with Crippen LogP contribution in [-0.4, -0.2) is 54.0 Å². The Morgan fingerprint density at radius 3 is 2.38 bits per heavy atom. The molecule has 94 valence electrons.